The Bertz CT molecular complexity index is 985. The summed E-state index contributed by atoms with van der Waals surface area (Å²) in [6.07, 6.45) is 1.48. The van der Waals surface area contributed by atoms with Gasteiger partial charge >= 0.3 is 0 Å². The second-order valence-electron chi connectivity index (χ2n) is 5.27. The van der Waals surface area contributed by atoms with Crippen molar-refractivity contribution in [1.82, 2.24) is 20.4 Å². The van der Waals surface area contributed by atoms with Gasteiger partial charge in [0.15, 0.2) is 11.5 Å². The predicted molar refractivity (Wildman–Crippen MR) is 90.8 cm³/mol. The topological polar surface area (TPSA) is 90.6 Å². The van der Waals surface area contributed by atoms with Gasteiger partial charge in [0, 0.05) is 0 Å². The molecule has 0 bridgehead atoms. The van der Waals surface area contributed by atoms with Crippen molar-refractivity contribution in [2.45, 2.75) is 6.54 Å². The molecule has 0 aliphatic carbocycles. The summed E-state index contributed by atoms with van der Waals surface area (Å²) in [6.45, 7) is 0.151. The largest absolute Gasteiger partial charge is 0.454 e. The summed E-state index contributed by atoms with van der Waals surface area (Å²) in [5, 5.41) is 12.3. The summed E-state index contributed by atoms with van der Waals surface area (Å²) in [7, 11) is 0. The molecule has 3 aromatic rings. The molecular formula is C16H12ClN5O3. The van der Waals surface area contributed by atoms with Gasteiger partial charge in [-0.25, -0.2) is 10.1 Å². The minimum absolute atomic E-state index is 0.0136. The van der Waals surface area contributed by atoms with Crippen LogP contribution in [0.5, 0.6) is 11.5 Å². The molecular weight excluding hydrogens is 346 g/mol. The first-order chi connectivity index (χ1) is 12.2. The van der Waals surface area contributed by atoms with Crippen molar-refractivity contribution in [1.29, 1.82) is 0 Å². The smallest absolute Gasteiger partial charge is 0.261 e. The Morgan fingerprint density at radius 2 is 2.24 bits per heavy atom. The lowest BCUT2D eigenvalue weighted by atomic mass is 10.2. The van der Waals surface area contributed by atoms with E-state index >= 15 is 0 Å². The van der Waals surface area contributed by atoms with Crippen LogP contribution in [0.4, 0.5) is 0 Å². The number of halogens is 1. The third-order valence-corrected chi connectivity index (χ3v) is 3.85. The lowest BCUT2D eigenvalue weighted by molar-refractivity contribution is -0.121. The highest BCUT2D eigenvalue weighted by Gasteiger charge is 2.17. The fraction of sp³-hybridized carbons (Fsp3) is 0.125. The quantitative estimate of drug-likeness (QED) is 0.569. The first kappa shape index (κ1) is 15.4. The SMILES string of the molecule is O=C(Cn1nnc2ccccc21)N/N=C\c1cc(Cl)c2c(c1)OCO2. The summed E-state index contributed by atoms with van der Waals surface area (Å²) in [5.41, 5.74) is 4.64. The molecule has 1 amide bonds. The highest BCUT2D eigenvalue weighted by atomic mass is 35.5. The molecule has 1 aromatic heterocycles. The Morgan fingerprint density at radius 3 is 3.16 bits per heavy atom. The molecule has 0 fully saturated rings. The zero-order chi connectivity index (χ0) is 17.2. The van der Waals surface area contributed by atoms with Crippen LogP contribution in [0.25, 0.3) is 11.0 Å². The van der Waals surface area contributed by atoms with Gasteiger partial charge < -0.3 is 9.47 Å². The standard InChI is InChI=1S/C16H12ClN5O3/c17-11-5-10(6-14-16(11)25-9-24-14)7-18-20-15(23)8-22-13-4-2-1-3-12(13)19-21-22/h1-7H,8-9H2,(H,20,23)/b18-7-. The van der Waals surface area contributed by atoms with Crippen molar-refractivity contribution in [3.8, 4) is 11.5 Å². The first-order valence-corrected chi connectivity index (χ1v) is 7.78. The van der Waals surface area contributed by atoms with Gasteiger partial charge in [0.2, 0.25) is 6.79 Å². The summed E-state index contributed by atoms with van der Waals surface area (Å²) in [5.74, 6) is 0.744. The van der Waals surface area contributed by atoms with Gasteiger partial charge in [-0.2, -0.15) is 5.10 Å². The summed E-state index contributed by atoms with van der Waals surface area (Å²) >= 11 is 6.09. The van der Waals surface area contributed by atoms with Crippen molar-refractivity contribution < 1.29 is 14.3 Å². The first-order valence-electron chi connectivity index (χ1n) is 7.40. The minimum Gasteiger partial charge on any atom is -0.454 e. The van der Waals surface area contributed by atoms with Gasteiger partial charge in [0.05, 0.1) is 16.8 Å². The normalized spacial score (nSPS) is 12.8. The molecule has 2 aromatic carbocycles. The van der Waals surface area contributed by atoms with E-state index in [1.807, 2.05) is 24.3 Å². The second-order valence-corrected chi connectivity index (χ2v) is 5.67. The number of benzene rings is 2. The Kier molecular flexibility index (Phi) is 3.95. The van der Waals surface area contributed by atoms with Gasteiger partial charge in [0.25, 0.3) is 5.91 Å². The highest BCUT2D eigenvalue weighted by Crippen LogP contribution is 2.39. The van der Waals surface area contributed by atoms with E-state index in [-0.39, 0.29) is 19.2 Å². The zero-order valence-electron chi connectivity index (χ0n) is 12.8. The van der Waals surface area contributed by atoms with Crippen LogP contribution in [0.3, 0.4) is 0 Å². The molecule has 0 radical (unpaired) electrons. The molecule has 0 atom stereocenters. The van der Waals surface area contributed by atoms with E-state index < -0.39 is 0 Å². The van der Waals surface area contributed by atoms with Crippen molar-refractivity contribution in [3.05, 3.63) is 47.0 Å². The van der Waals surface area contributed by atoms with Crippen LogP contribution in [-0.2, 0) is 11.3 Å². The van der Waals surface area contributed by atoms with Crippen molar-refractivity contribution in [2.75, 3.05) is 6.79 Å². The van der Waals surface area contributed by atoms with Crippen LogP contribution in [0, 0.1) is 0 Å². The number of rotatable bonds is 4. The number of aromatic nitrogens is 3. The number of fused-ring (bicyclic) bond motifs is 2. The van der Waals surface area contributed by atoms with Gasteiger partial charge in [-0.1, -0.05) is 28.9 Å². The number of hydrogen-bond donors (Lipinski definition) is 1. The Labute approximate surface area is 147 Å². The number of hydrogen-bond acceptors (Lipinski definition) is 6. The molecule has 9 heteroatoms. The molecule has 2 heterocycles. The number of para-hydroxylation sites is 1. The fourth-order valence-electron chi connectivity index (χ4n) is 2.45. The number of nitrogens with one attached hydrogen (secondary N) is 1. The van der Waals surface area contributed by atoms with Gasteiger partial charge in [0.1, 0.15) is 12.1 Å². The minimum atomic E-state index is -0.321. The lowest BCUT2D eigenvalue weighted by Crippen LogP contribution is -2.23. The Morgan fingerprint density at radius 1 is 1.36 bits per heavy atom. The fourth-order valence-corrected chi connectivity index (χ4v) is 2.72. The molecule has 8 nitrogen and oxygen atoms in total. The van der Waals surface area contributed by atoms with Crippen LogP contribution in [0.15, 0.2) is 41.5 Å². The Hall–Kier alpha value is -3.13. The van der Waals surface area contributed by atoms with E-state index in [1.54, 1.807) is 12.1 Å². The van der Waals surface area contributed by atoms with Crippen LogP contribution in [0.1, 0.15) is 5.56 Å². The maximum atomic E-state index is 12.0. The molecule has 1 aliphatic rings. The van der Waals surface area contributed by atoms with E-state index in [4.69, 9.17) is 21.1 Å². The van der Waals surface area contributed by atoms with Crippen LogP contribution < -0.4 is 14.9 Å². The van der Waals surface area contributed by atoms with Crippen LogP contribution in [-0.4, -0.2) is 33.9 Å². The molecule has 1 N–H and O–H groups in total. The second kappa shape index (κ2) is 6.40. The van der Waals surface area contributed by atoms with E-state index in [0.717, 1.165) is 11.0 Å². The molecule has 1 aliphatic heterocycles. The van der Waals surface area contributed by atoms with E-state index in [2.05, 4.69) is 20.8 Å². The third-order valence-electron chi connectivity index (χ3n) is 3.57. The number of hydrazone groups is 1. The molecule has 0 saturated carbocycles. The summed E-state index contributed by atoms with van der Waals surface area (Å²) in [6, 6.07) is 10.8. The number of amides is 1. The summed E-state index contributed by atoms with van der Waals surface area (Å²) in [4.78, 5) is 12.0. The Balaban J connectivity index is 1.42. The zero-order valence-corrected chi connectivity index (χ0v) is 13.6. The van der Waals surface area contributed by atoms with Crippen LogP contribution in [0.2, 0.25) is 5.02 Å². The molecule has 0 unspecified atom stereocenters. The van der Waals surface area contributed by atoms with Crippen molar-refractivity contribution in [3.63, 3.8) is 0 Å². The van der Waals surface area contributed by atoms with E-state index in [1.165, 1.54) is 10.9 Å². The highest BCUT2D eigenvalue weighted by molar-refractivity contribution is 6.32. The van der Waals surface area contributed by atoms with Gasteiger partial charge in [-0.15, -0.1) is 5.10 Å². The monoisotopic (exact) mass is 357 g/mol. The summed E-state index contributed by atoms with van der Waals surface area (Å²) < 4.78 is 12.0. The number of carbonyl (C=O) groups is 1. The van der Waals surface area contributed by atoms with E-state index in [9.17, 15) is 4.79 Å². The average Bonchev–Trinajstić information content (AvgIpc) is 3.23. The molecule has 25 heavy (non-hydrogen) atoms. The van der Waals surface area contributed by atoms with Crippen LogP contribution >= 0.6 is 11.6 Å². The number of carbonyl (C=O) groups excluding carboxylic acids is 1. The maximum Gasteiger partial charge on any atom is 0.261 e. The predicted octanol–water partition coefficient (Wildman–Crippen LogP) is 1.96. The molecule has 4 rings (SSSR count). The van der Waals surface area contributed by atoms with E-state index in [0.29, 0.717) is 22.1 Å². The number of ether oxygens (including phenoxy) is 2. The lowest BCUT2D eigenvalue weighted by Gasteiger charge is -2.02. The van der Waals surface area contributed by atoms with Gasteiger partial charge in [-0.3, -0.25) is 4.79 Å². The third kappa shape index (κ3) is 3.11. The number of nitrogens with zero attached hydrogens (tertiary/aromatic N) is 4. The maximum absolute atomic E-state index is 12.0. The molecule has 126 valence electrons. The molecule has 0 spiro atoms. The van der Waals surface area contributed by atoms with Crippen molar-refractivity contribution >= 4 is 34.8 Å². The van der Waals surface area contributed by atoms with Crippen molar-refractivity contribution in [2.24, 2.45) is 5.10 Å². The average molecular weight is 358 g/mol. The molecule has 0 saturated heterocycles. The van der Waals surface area contributed by atoms with Gasteiger partial charge in [-0.05, 0) is 29.8 Å².